The molecule has 1 fully saturated rings. The highest BCUT2D eigenvalue weighted by Crippen LogP contribution is 2.25. The normalized spacial score (nSPS) is 17.9. The molecule has 0 radical (unpaired) electrons. The molecule has 2 N–H and O–H groups in total. The molecule has 7 nitrogen and oxygen atoms in total. The van der Waals surface area contributed by atoms with Crippen LogP contribution in [0.4, 0.5) is 11.7 Å². The van der Waals surface area contributed by atoms with Crippen LogP contribution in [-0.4, -0.2) is 47.3 Å². The molecular weight excluding hydrogens is 356 g/mol. The molecule has 0 saturated carbocycles. The number of hydrogen-bond acceptors (Lipinski definition) is 6. The zero-order valence-electron chi connectivity index (χ0n) is 15.8. The zero-order chi connectivity index (χ0) is 19.7. The number of Topliss-reactive ketones (excluding diaryl/α,β-unsaturated/α-hetero) is 1. The molecule has 2 atom stereocenters. The molecule has 144 valence electrons. The number of rotatable bonds is 6. The summed E-state index contributed by atoms with van der Waals surface area (Å²) in [6, 6.07) is 14.9. The number of likely N-dealkylation sites (N-methyl/N-ethyl adjacent to an activating group) is 1. The molecule has 1 aromatic heterocycles. The Balaban J connectivity index is 1.49. The Morgan fingerprint density at radius 1 is 1.25 bits per heavy atom. The number of hydrogen-bond donors (Lipinski definition) is 2. The quantitative estimate of drug-likeness (QED) is 0.686. The monoisotopic (exact) mass is 378 g/mol. The number of ketones is 1. The number of aromatic nitrogens is 1. The van der Waals surface area contributed by atoms with Gasteiger partial charge in [0.15, 0.2) is 11.4 Å². The smallest absolute Gasteiger partial charge is 0.300 e. The number of likely N-dealkylation sites (tertiary alicyclic amines) is 1. The van der Waals surface area contributed by atoms with Crippen molar-refractivity contribution < 1.29 is 14.0 Å². The van der Waals surface area contributed by atoms with Gasteiger partial charge in [-0.25, -0.2) is 0 Å². The second-order valence-corrected chi connectivity index (χ2v) is 7.17. The van der Waals surface area contributed by atoms with E-state index in [1.165, 1.54) is 0 Å². The fourth-order valence-electron chi connectivity index (χ4n) is 3.43. The first-order valence-electron chi connectivity index (χ1n) is 9.26. The van der Waals surface area contributed by atoms with E-state index in [-0.39, 0.29) is 23.8 Å². The van der Waals surface area contributed by atoms with Gasteiger partial charge in [-0.2, -0.15) is 4.98 Å². The summed E-state index contributed by atoms with van der Waals surface area (Å²) in [6.07, 6.45) is 0.594. The van der Waals surface area contributed by atoms with Crippen molar-refractivity contribution >= 4 is 34.5 Å². The van der Waals surface area contributed by atoms with Gasteiger partial charge in [0.1, 0.15) is 5.52 Å². The lowest BCUT2D eigenvalue weighted by Crippen LogP contribution is -2.56. The van der Waals surface area contributed by atoms with E-state index in [0.29, 0.717) is 35.6 Å². The van der Waals surface area contributed by atoms with Crippen molar-refractivity contribution in [2.45, 2.75) is 25.4 Å². The summed E-state index contributed by atoms with van der Waals surface area (Å²) in [4.78, 5) is 30.9. The Labute approximate surface area is 162 Å². The molecule has 2 unspecified atom stereocenters. The van der Waals surface area contributed by atoms with Crippen molar-refractivity contribution in [3.63, 3.8) is 0 Å². The van der Waals surface area contributed by atoms with E-state index in [4.69, 9.17) is 4.42 Å². The topological polar surface area (TPSA) is 87.5 Å². The van der Waals surface area contributed by atoms with E-state index >= 15 is 0 Å². The zero-order valence-corrected chi connectivity index (χ0v) is 15.8. The van der Waals surface area contributed by atoms with Crippen molar-refractivity contribution in [2.75, 3.05) is 18.9 Å². The average Bonchev–Trinajstić information content (AvgIpc) is 3.09. The van der Waals surface area contributed by atoms with E-state index in [2.05, 4.69) is 15.6 Å². The van der Waals surface area contributed by atoms with Crippen molar-refractivity contribution in [2.24, 2.45) is 0 Å². The first-order valence-corrected chi connectivity index (χ1v) is 9.26. The lowest BCUT2D eigenvalue weighted by atomic mass is 9.95. The Morgan fingerprint density at radius 2 is 2.04 bits per heavy atom. The Morgan fingerprint density at radius 3 is 2.75 bits per heavy atom. The molecule has 0 bridgehead atoms. The maximum absolute atomic E-state index is 12.8. The third-order valence-electron chi connectivity index (χ3n) is 4.95. The number of fused-ring (bicyclic) bond motifs is 1. The van der Waals surface area contributed by atoms with Gasteiger partial charge in [-0.3, -0.25) is 14.5 Å². The van der Waals surface area contributed by atoms with Crippen molar-refractivity contribution in [3.05, 3.63) is 54.1 Å². The molecule has 7 heteroatoms. The van der Waals surface area contributed by atoms with Gasteiger partial charge in [-0.05, 0) is 44.7 Å². The van der Waals surface area contributed by atoms with Crippen LogP contribution in [0, 0.1) is 0 Å². The van der Waals surface area contributed by atoms with Crippen LogP contribution >= 0.6 is 0 Å². The van der Waals surface area contributed by atoms with E-state index in [1.807, 2.05) is 49.2 Å². The van der Waals surface area contributed by atoms with Gasteiger partial charge in [-0.1, -0.05) is 24.3 Å². The highest BCUT2D eigenvalue weighted by molar-refractivity contribution is 6.05. The second kappa shape index (κ2) is 7.44. The summed E-state index contributed by atoms with van der Waals surface area (Å²) in [5.74, 6) is -0.00841. The molecular formula is C21H22N4O3. The summed E-state index contributed by atoms with van der Waals surface area (Å²) >= 11 is 0. The average molecular weight is 378 g/mol. The largest absolute Gasteiger partial charge is 0.423 e. The summed E-state index contributed by atoms with van der Waals surface area (Å²) < 4.78 is 5.73. The number of amides is 1. The van der Waals surface area contributed by atoms with Crippen LogP contribution < -0.4 is 10.6 Å². The van der Waals surface area contributed by atoms with Gasteiger partial charge in [0, 0.05) is 11.7 Å². The molecule has 28 heavy (non-hydrogen) atoms. The molecule has 1 amide bonds. The van der Waals surface area contributed by atoms with Gasteiger partial charge < -0.3 is 15.1 Å². The number of oxazole rings is 1. The third-order valence-corrected chi connectivity index (χ3v) is 4.95. The number of nitrogens with zero attached hydrogens (tertiary/aromatic N) is 2. The van der Waals surface area contributed by atoms with Gasteiger partial charge in [0.25, 0.3) is 11.9 Å². The number of benzene rings is 2. The molecule has 3 aromatic rings. The fourth-order valence-corrected chi connectivity index (χ4v) is 3.43. The second-order valence-electron chi connectivity index (χ2n) is 7.17. The minimum Gasteiger partial charge on any atom is -0.423 e. The van der Waals surface area contributed by atoms with Crippen molar-refractivity contribution in [3.8, 4) is 0 Å². The first-order chi connectivity index (χ1) is 13.5. The Hall–Kier alpha value is -3.19. The molecule has 0 spiro atoms. The predicted octanol–water partition coefficient (Wildman–Crippen LogP) is 2.96. The van der Waals surface area contributed by atoms with E-state index in [1.54, 1.807) is 18.2 Å². The number of para-hydroxylation sites is 2. The van der Waals surface area contributed by atoms with E-state index in [0.717, 1.165) is 5.69 Å². The molecule has 1 aliphatic rings. The molecule has 2 heterocycles. The minimum atomic E-state index is -0.230. The van der Waals surface area contributed by atoms with E-state index < -0.39 is 0 Å². The van der Waals surface area contributed by atoms with Gasteiger partial charge >= 0.3 is 0 Å². The third kappa shape index (κ3) is 3.61. The fraction of sp³-hybridized carbons (Fsp3) is 0.286. The SMILES string of the molecule is CC(CC1C(=O)CN1C)NC(=O)c1cccc2oc(Nc3ccccc3)nc12. The highest BCUT2D eigenvalue weighted by Gasteiger charge is 2.35. The summed E-state index contributed by atoms with van der Waals surface area (Å²) in [6.45, 7) is 2.39. The van der Waals surface area contributed by atoms with Crippen LogP contribution in [0.2, 0.25) is 0 Å². The van der Waals surface area contributed by atoms with Gasteiger partial charge in [-0.15, -0.1) is 0 Å². The first kappa shape index (κ1) is 18.2. The number of anilines is 2. The molecule has 1 aliphatic heterocycles. The lowest BCUT2D eigenvalue weighted by Gasteiger charge is -2.37. The van der Waals surface area contributed by atoms with Crippen LogP contribution in [0.1, 0.15) is 23.7 Å². The highest BCUT2D eigenvalue weighted by atomic mass is 16.4. The summed E-state index contributed by atoms with van der Waals surface area (Å²) in [5.41, 5.74) is 2.33. The molecule has 4 rings (SSSR count). The lowest BCUT2D eigenvalue weighted by molar-refractivity contribution is -0.135. The predicted molar refractivity (Wildman–Crippen MR) is 107 cm³/mol. The number of nitrogens with one attached hydrogen (secondary N) is 2. The molecule has 1 saturated heterocycles. The van der Waals surface area contributed by atoms with E-state index in [9.17, 15) is 9.59 Å². The maximum atomic E-state index is 12.8. The Bertz CT molecular complexity index is 1010. The summed E-state index contributed by atoms with van der Waals surface area (Å²) in [5, 5.41) is 6.07. The van der Waals surface area contributed by atoms with Crippen molar-refractivity contribution in [1.29, 1.82) is 0 Å². The van der Waals surface area contributed by atoms with Crippen LogP contribution in [0.25, 0.3) is 11.1 Å². The van der Waals surface area contributed by atoms with Crippen molar-refractivity contribution in [1.82, 2.24) is 15.2 Å². The summed E-state index contributed by atoms with van der Waals surface area (Å²) in [7, 11) is 1.91. The Kier molecular flexibility index (Phi) is 4.83. The standard InChI is InChI=1S/C21H22N4O3/c1-13(11-16-17(26)12-25(16)2)22-20(27)15-9-6-10-18-19(15)24-21(28-18)23-14-7-4-3-5-8-14/h3-10,13,16H,11-12H2,1-2H3,(H,22,27)(H,23,24). The number of carbonyl (C=O) groups excluding carboxylic acids is 2. The molecule has 0 aliphatic carbocycles. The van der Waals surface area contributed by atoms with Crippen LogP contribution in [0.3, 0.4) is 0 Å². The van der Waals surface area contributed by atoms with Gasteiger partial charge in [0.05, 0.1) is 18.2 Å². The van der Waals surface area contributed by atoms with Crippen LogP contribution in [-0.2, 0) is 4.79 Å². The van der Waals surface area contributed by atoms with Gasteiger partial charge in [0.2, 0.25) is 0 Å². The number of carbonyl (C=O) groups is 2. The maximum Gasteiger partial charge on any atom is 0.300 e. The van der Waals surface area contributed by atoms with Crippen LogP contribution in [0.15, 0.2) is 52.9 Å². The molecule has 2 aromatic carbocycles. The van der Waals surface area contributed by atoms with Crippen LogP contribution in [0.5, 0.6) is 0 Å². The minimum absolute atomic E-state index is 0.111.